The van der Waals surface area contributed by atoms with E-state index in [1.165, 1.54) is 17.7 Å². The van der Waals surface area contributed by atoms with Gasteiger partial charge in [-0.25, -0.2) is 8.42 Å². The van der Waals surface area contributed by atoms with Crippen molar-refractivity contribution in [3.63, 3.8) is 0 Å². The van der Waals surface area contributed by atoms with Crippen LogP contribution in [0.15, 0.2) is 58.3 Å². The van der Waals surface area contributed by atoms with Crippen LogP contribution >= 0.6 is 11.8 Å². The Morgan fingerprint density at radius 1 is 1.00 bits per heavy atom. The number of nitrogens with one attached hydrogen (secondary N) is 1. The average molecular weight is 405 g/mol. The van der Waals surface area contributed by atoms with E-state index in [4.69, 9.17) is 0 Å². The van der Waals surface area contributed by atoms with E-state index in [2.05, 4.69) is 30.5 Å². The highest BCUT2D eigenvalue weighted by Crippen LogP contribution is 2.31. The third-order valence-corrected chi connectivity index (χ3v) is 7.68. The number of hydrogen-bond acceptors (Lipinski definition) is 4. The van der Waals surface area contributed by atoms with Crippen molar-refractivity contribution in [3.8, 4) is 0 Å². The first-order valence-electron chi connectivity index (χ1n) is 9.41. The number of piperidine rings is 1. The second-order valence-electron chi connectivity index (χ2n) is 7.47. The van der Waals surface area contributed by atoms with Crippen LogP contribution in [0.1, 0.15) is 38.2 Å². The summed E-state index contributed by atoms with van der Waals surface area (Å²) >= 11 is 1.89. The summed E-state index contributed by atoms with van der Waals surface area (Å²) in [5, 5.41) is 0.642. The Balaban J connectivity index is 1.63. The number of sulfonamides is 1. The average Bonchev–Trinajstić information content (AvgIpc) is 2.65. The SMILES string of the molecule is CC(C)c1ccc(S(=O)(=O)Nc2ccc(SC3CCN(C)CC3)cc2)cc1. The molecule has 0 radical (unpaired) electrons. The fourth-order valence-corrected chi connectivity index (χ4v) is 5.33. The van der Waals surface area contributed by atoms with E-state index in [1.807, 2.05) is 48.2 Å². The summed E-state index contributed by atoms with van der Waals surface area (Å²) in [7, 11) is -1.40. The zero-order chi connectivity index (χ0) is 19.4. The van der Waals surface area contributed by atoms with Crippen molar-refractivity contribution >= 4 is 27.5 Å². The fraction of sp³-hybridized carbons (Fsp3) is 0.429. The third-order valence-electron chi connectivity index (χ3n) is 4.93. The monoisotopic (exact) mass is 404 g/mol. The Morgan fingerprint density at radius 2 is 1.59 bits per heavy atom. The van der Waals surface area contributed by atoms with Gasteiger partial charge >= 0.3 is 0 Å². The molecule has 0 amide bonds. The van der Waals surface area contributed by atoms with Crippen LogP contribution in [0.25, 0.3) is 0 Å². The summed E-state index contributed by atoms with van der Waals surface area (Å²) in [4.78, 5) is 3.84. The van der Waals surface area contributed by atoms with E-state index in [9.17, 15) is 8.42 Å². The molecule has 0 atom stereocenters. The van der Waals surface area contributed by atoms with Crippen LogP contribution in [0.4, 0.5) is 5.69 Å². The Labute approximate surface area is 167 Å². The maximum Gasteiger partial charge on any atom is 0.261 e. The van der Waals surface area contributed by atoms with Gasteiger partial charge in [0.05, 0.1) is 4.90 Å². The normalized spacial score (nSPS) is 16.6. The van der Waals surface area contributed by atoms with Gasteiger partial charge in [-0.2, -0.15) is 0 Å². The van der Waals surface area contributed by atoms with Gasteiger partial charge in [0.2, 0.25) is 0 Å². The van der Waals surface area contributed by atoms with E-state index in [1.54, 1.807) is 12.1 Å². The molecule has 146 valence electrons. The van der Waals surface area contributed by atoms with Crippen molar-refractivity contribution in [2.45, 2.75) is 47.6 Å². The highest BCUT2D eigenvalue weighted by Gasteiger charge is 2.18. The molecule has 0 aromatic heterocycles. The van der Waals surface area contributed by atoms with Crippen molar-refractivity contribution in [1.82, 2.24) is 4.90 Å². The summed E-state index contributed by atoms with van der Waals surface area (Å²) < 4.78 is 27.9. The lowest BCUT2D eigenvalue weighted by atomic mass is 10.0. The number of anilines is 1. The van der Waals surface area contributed by atoms with Gasteiger partial charge in [-0.15, -0.1) is 11.8 Å². The molecule has 6 heteroatoms. The standard InChI is InChI=1S/C21H28N2O2S2/c1-16(2)17-4-10-21(11-5-17)27(24,25)22-18-6-8-19(9-7-18)26-20-12-14-23(3)15-13-20/h4-11,16,20,22H,12-15H2,1-3H3. The molecular weight excluding hydrogens is 376 g/mol. The van der Waals surface area contributed by atoms with Crippen molar-refractivity contribution in [2.24, 2.45) is 0 Å². The lowest BCUT2D eigenvalue weighted by molar-refractivity contribution is 0.282. The molecule has 1 aliphatic heterocycles. The molecule has 0 unspecified atom stereocenters. The molecule has 0 bridgehead atoms. The minimum atomic E-state index is -3.56. The van der Waals surface area contributed by atoms with Crippen molar-refractivity contribution in [2.75, 3.05) is 24.9 Å². The highest BCUT2D eigenvalue weighted by molar-refractivity contribution is 8.00. The van der Waals surface area contributed by atoms with Crippen LogP contribution in [0.2, 0.25) is 0 Å². The van der Waals surface area contributed by atoms with Crippen molar-refractivity contribution in [3.05, 3.63) is 54.1 Å². The Bertz CT molecular complexity index is 839. The minimum absolute atomic E-state index is 0.289. The maximum atomic E-state index is 12.6. The van der Waals surface area contributed by atoms with Gasteiger partial charge in [0.25, 0.3) is 10.0 Å². The van der Waals surface area contributed by atoms with Crippen LogP contribution in [0.5, 0.6) is 0 Å². The summed E-state index contributed by atoms with van der Waals surface area (Å²) in [5.41, 5.74) is 1.72. The lowest BCUT2D eigenvalue weighted by Crippen LogP contribution is -2.31. The fourth-order valence-electron chi connectivity index (χ4n) is 3.14. The van der Waals surface area contributed by atoms with Crippen molar-refractivity contribution in [1.29, 1.82) is 0 Å². The molecule has 1 saturated heterocycles. The first-order valence-corrected chi connectivity index (χ1v) is 11.8. The quantitative estimate of drug-likeness (QED) is 0.751. The molecular formula is C21H28N2O2S2. The largest absolute Gasteiger partial charge is 0.306 e. The molecule has 3 rings (SSSR count). The maximum absolute atomic E-state index is 12.6. The van der Waals surface area contributed by atoms with Crippen LogP contribution in [0.3, 0.4) is 0 Å². The Hall–Kier alpha value is -1.50. The molecule has 0 spiro atoms. The molecule has 1 fully saturated rings. The molecule has 1 heterocycles. The number of thioether (sulfide) groups is 1. The zero-order valence-corrected chi connectivity index (χ0v) is 17.8. The van der Waals surface area contributed by atoms with Crippen LogP contribution in [0, 0.1) is 0 Å². The minimum Gasteiger partial charge on any atom is -0.306 e. The molecule has 0 aliphatic carbocycles. The Kier molecular flexibility index (Phi) is 6.50. The first kappa shape index (κ1) is 20.2. The Morgan fingerprint density at radius 3 is 2.15 bits per heavy atom. The van der Waals surface area contributed by atoms with E-state index < -0.39 is 10.0 Å². The number of rotatable bonds is 6. The second-order valence-corrected chi connectivity index (χ2v) is 10.5. The smallest absolute Gasteiger partial charge is 0.261 e. The lowest BCUT2D eigenvalue weighted by Gasteiger charge is -2.28. The molecule has 0 saturated carbocycles. The third kappa shape index (κ3) is 5.50. The number of hydrogen-bond donors (Lipinski definition) is 1. The van der Waals surface area contributed by atoms with Gasteiger partial charge < -0.3 is 4.90 Å². The van der Waals surface area contributed by atoms with Crippen LogP contribution in [-0.4, -0.2) is 38.7 Å². The van der Waals surface area contributed by atoms with E-state index in [0.29, 0.717) is 16.9 Å². The zero-order valence-electron chi connectivity index (χ0n) is 16.2. The molecule has 2 aromatic rings. The van der Waals surface area contributed by atoms with Gasteiger partial charge in [-0.1, -0.05) is 26.0 Å². The van der Waals surface area contributed by atoms with E-state index >= 15 is 0 Å². The molecule has 4 nitrogen and oxygen atoms in total. The molecule has 1 N–H and O–H groups in total. The predicted molar refractivity (Wildman–Crippen MR) is 114 cm³/mol. The molecule has 1 aliphatic rings. The summed E-state index contributed by atoms with van der Waals surface area (Å²) in [5.74, 6) is 0.379. The van der Waals surface area contributed by atoms with Crippen molar-refractivity contribution < 1.29 is 8.42 Å². The number of benzene rings is 2. The predicted octanol–water partition coefficient (Wildman–Crippen LogP) is 4.80. The summed E-state index contributed by atoms with van der Waals surface area (Å²) in [6.45, 7) is 6.47. The number of nitrogens with zero attached hydrogens (tertiary/aromatic N) is 1. The van der Waals surface area contributed by atoms with E-state index in [0.717, 1.165) is 18.7 Å². The van der Waals surface area contributed by atoms with Crippen LogP contribution in [-0.2, 0) is 10.0 Å². The van der Waals surface area contributed by atoms with Gasteiger partial charge in [-0.3, -0.25) is 4.72 Å². The van der Waals surface area contributed by atoms with Gasteiger partial charge in [0, 0.05) is 15.8 Å². The number of likely N-dealkylation sites (tertiary alicyclic amines) is 1. The van der Waals surface area contributed by atoms with Gasteiger partial charge in [0.1, 0.15) is 0 Å². The second kappa shape index (κ2) is 8.67. The van der Waals surface area contributed by atoms with Gasteiger partial charge in [0.15, 0.2) is 0 Å². The molecule has 27 heavy (non-hydrogen) atoms. The van der Waals surface area contributed by atoms with Gasteiger partial charge in [-0.05, 0) is 80.9 Å². The topological polar surface area (TPSA) is 49.4 Å². The van der Waals surface area contributed by atoms with E-state index in [-0.39, 0.29) is 4.90 Å². The first-order chi connectivity index (χ1) is 12.8. The highest BCUT2D eigenvalue weighted by atomic mass is 32.2. The summed E-state index contributed by atoms with van der Waals surface area (Å²) in [6, 6.07) is 14.8. The molecule has 2 aromatic carbocycles. The summed E-state index contributed by atoms with van der Waals surface area (Å²) in [6.07, 6.45) is 2.39. The van der Waals surface area contributed by atoms with Crippen LogP contribution < -0.4 is 4.72 Å².